The van der Waals surface area contributed by atoms with Crippen LogP contribution in [0.15, 0.2) is 29.8 Å². The molecule has 1 rings (SSSR count). The van der Waals surface area contributed by atoms with Gasteiger partial charge >= 0.3 is 0 Å². The van der Waals surface area contributed by atoms with E-state index < -0.39 is 5.83 Å². The van der Waals surface area contributed by atoms with Crippen molar-refractivity contribution in [3.05, 3.63) is 36.0 Å². The molecule has 0 unspecified atom stereocenters. The van der Waals surface area contributed by atoms with E-state index in [1.54, 1.807) is 6.92 Å². The van der Waals surface area contributed by atoms with E-state index in [4.69, 9.17) is 5.84 Å². The zero-order chi connectivity index (χ0) is 7.72. The van der Waals surface area contributed by atoms with Gasteiger partial charge in [-0.1, -0.05) is 13.1 Å². The fraction of sp³-hybridized carbons (Fsp3) is 0.143. The molecule has 0 amide bonds. The molecule has 0 aromatic heterocycles. The Hall–Kier alpha value is 0.0139. The fourth-order valence-electron chi connectivity index (χ4n) is 0.678. The monoisotopic (exact) mass is 228 g/mol. The number of halogens is 1. The summed E-state index contributed by atoms with van der Waals surface area (Å²) in [5, 5.41) is 1.05. The Kier molecular flexibility index (Phi) is 4.15. The summed E-state index contributed by atoms with van der Waals surface area (Å²) in [6.07, 6.45) is 4.01. The third kappa shape index (κ3) is 2.51. The molecule has 0 saturated carbocycles. The molecule has 1 heterocycles. The summed E-state index contributed by atoms with van der Waals surface area (Å²) in [5.41, 5.74) is 0.804. The van der Waals surface area contributed by atoms with Crippen molar-refractivity contribution in [2.45, 2.75) is 6.92 Å². The molecule has 1 aliphatic rings. The second kappa shape index (κ2) is 4.14. The minimum absolute atomic E-state index is 0. The first-order valence-electron chi connectivity index (χ1n) is 2.83. The summed E-state index contributed by atoms with van der Waals surface area (Å²) in [6.45, 7) is 5.11. The van der Waals surface area contributed by atoms with E-state index in [2.05, 4.69) is 12.8 Å². The molecular weight excluding hydrogens is 220 g/mol. The number of hydrogen-bond acceptors (Lipinski definition) is 2. The first-order valence-corrected chi connectivity index (χ1v) is 2.83. The van der Waals surface area contributed by atoms with Gasteiger partial charge in [0.25, 0.3) is 0 Å². The molecule has 0 atom stereocenters. The Labute approximate surface area is 90.5 Å². The van der Waals surface area contributed by atoms with Crippen molar-refractivity contribution >= 4 is 0 Å². The SMILES string of the molecule is C=C1C(F)=CC(C)=[C-]N1N.[Y]. The molecule has 2 N–H and O–H groups in total. The first kappa shape index (κ1) is 11.0. The van der Waals surface area contributed by atoms with E-state index in [0.29, 0.717) is 5.57 Å². The van der Waals surface area contributed by atoms with E-state index in [-0.39, 0.29) is 38.4 Å². The molecule has 0 aromatic rings. The van der Waals surface area contributed by atoms with Crippen molar-refractivity contribution in [3.63, 3.8) is 0 Å². The summed E-state index contributed by atoms with van der Waals surface area (Å²) in [6, 6.07) is 0. The first-order chi connectivity index (χ1) is 4.61. The molecule has 0 saturated heterocycles. The Morgan fingerprint density at radius 1 is 1.73 bits per heavy atom. The van der Waals surface area contributed by atoms with Crippen LogP contribution in [-0.2, 0) is 32.7 Å². The van der Waals surface area contributed by atoms with Gasteiger partial charge in [-0.05, 0) is 5.70 Å². The molecule has 0 aliphatic carbocycles. The maximum atomic E-state index is 12.7. The molecule has 4 heteroatoms. The van der Waals surface area contributed by atoms with E-state index >= 15 is 0 Å². The van der Waals surface area contributed by atoms with Crippen LogP contribution < -0.4 is 5.84 Å². The Balaban J connectivity index is 0.000001000. The Morgan fingerprint density at radius 3 is 2.73 bits per heavy atom. The van der Waals surface area contributed by atoms with E-state index in [1.807, 2.05) is 0 Å². The number of rotatable bonds is 0. The van der Waals surface area contributed by atoms with Crippen molar-refractivity contribution < 1.29 is 37.1 Å². The summed E-state index contributed by atoms with van der Waals surface area (Å²) in [7, 11) is 0. The molecule has 2 nitrogen and oxygen atoms in total. The van der Waals surface area contributed by atoms with Crippen molar-refractivity contribution in [2.75, 3.05) is 0 Å². The van der Waals surface area contributed by atoms with Crippen molar-refractivity contribution in [3.8, 4) is 0 Å². The second-order valence-electron chi connectivity index (χ2n) is 2.10. The van der Waals surface area contributed by atoms with Gasteiger partial charge in [0.1, 0.15) is 0 Å². The van der Waals surface area contributed by atoms with Crippen LogP contribution in [0, 0.1) is 6.20 Å². The van der Waals surface area contributed by atoms with Crippen molar-refractivity contribution in [2.24, 2.45) is 5.84 Å². The van der Waals surface area contributed by atoms with Gasteiger partial charge in [0.05, 0.1) is 0 Å². The maximum absolute atomic E-state index is 12.7. The van der Waals surface area contributed by atoms with Gasteiger partial charge in [0, 0.05) is 38.5 Å². The summed E-state index contributed by atoms with van der Waals surface area (Å²) in [4.78, 5) is 0. The van der Waals surface area contributed by atoms with Crippen molar-refractivity contribution in [1.82, 2.24) is 5.01 Å². The molecule has 0 fully saturated rings. The minimum Gasteiger partial charge on any atom is -0.392 e. The van der Waals surface area contributed by atoms with Crippen LogP contribution in [0.4, 0.5) is 4.39 Å². The number of hydrogen-bond donors (Lipinski definition) is 1. The normalized spacial score (nSPS) is 17.0. The van der Waals surface area contributed by atoms with Gasteiger partial charge in [0.2, 0.25) is 0 Å². The molecule has 1 aliphatic heterocycles. The second-order valence-corrected chi connectivity index (χ2v) is 2.10. The van der Waals surface area contributed by atoms with E-state index in [9.17, 15) is 4.39 Å². The number of nitrogens with two attached hydrogens (primary N) is 1. The van der Waals surface area contributed by atoms with E-state index in [0.717, 1.165) is 5.01 Å². The molecule has 0 spiro atoms. The maximum Gasteiger partial charge on any atom is 0.0390 e. The predicted octanol–water partition coefficient (Wildman–Crippen LogP) is 1.25. The number of allylic oxidation sites excluding steroid dienone is 3. The average molecular weight is 228 g/mol. The third-order valence-corrected chi connectivity index (χ3v) is 1.21. The van der Waals surface area contributed by atoms with Gasteiger partial charge in [0.15, 0.2) is 0 Å². The molecule has 57 valence electrons. The van der Waals surface area contributed by atoms with Gasteiger partial charge in [-0.2, -0.15) is 0 Å². The fourth-order valence-corrected chi connectivity index (χ4v) is 0.678. The van der Waals surface area contributed by atoms with Gasteiger partial charge in [-0.15, -0.1) is 18.2 Å². The van der Waals surface area contributed by atoms with Crippen molar-refractivity contribution in [1.29, 1.82) is 0 Å². The Morgan fingerprint density at radius 2 is 2.27 bits per heavy atom. The molecule has 11 heavy (non-hydrogen) atoms. The summed E-state index contributed by atoms with van der Waals surface area (Å²) in [5.74, 6) is 4.88. The zero-order valence-electron chi connectivity index (χ0n) is 6.26. The van der Waals surface area contributed by atoms with Crippen LogP contribution in [0.3, 0.4) is 0 Å². The Bertz CT molecular complexity index is 233. The molecule has 0 bridgehead atoms. The molecule has 1 radical (unpaired) electrons. The van der Waals surface area contributed by atoms with Gasteiger partial charge in [-0.3, -0.25) is 5.84 Å². The van der Waals surface area contributed by atoms with Gasteiger partial charge < -0.3 is 5.01 Å². The van der Waals surface area contributed by atoms with Gasteiger partial charge in [-0.25, -0.2) is 4.39 Å². The van der Waals surface area contributed by atoms with Crippen LogP contribution in [0.2, 0.25) is 0 Å². The molecular formula is C7H8FN2Y-. The van der Waals surface area contributed by atoms with Crippen LogP contribution in [0.5, 0.6) is 0 Å². The zero-order valence-corrected chi connectivity index (χ0v) is 9.10. The number of hydrazine groups is 1. The van der Waals surface area contributed by atoms with E-state index in [1.165, 1.54) is 6.08 Å². The average Bonchev–Trinajstić information content (AvgIpc) is 1.82. The van der Waals surface area contributed by atoms with Crippen LogP contribution in [-0.4, -0.2) is 5.01 Å². The largest absolute Gasteiger partial charge is 0.392 e. The molecule has 0 aromatic carbocycles. The topological polar surface area (TPSA) is 29.3 Å². The van der Waals surface area contributed by atoms with Crippen LogP contribution in [0.1, 0.15) is 6.92 Å². The van der Waals surface area contributed by atoms with Crippen LogP contribution in [0.25, 0.3) is 0 Å². The van der Waals surface area contributed by atoms with Crippen LogP contribution >= 0.6 is 0 Å². The minimum atomic E-state index is -0.404. The third-order valence-electron chi connectivity index (χ3n) is 1.21. The smallest absolute Gasteiger partial charge is 0.0390 e. The summed E-state index contributed by atoms with van der Waals surface area (Å²) >= 11 is 0. The summed E-state index contributed by atoms with van der Waals surface area (Å²) < 4.78 is 12.7. The number of nitrogens with zero attached hydrogens (tertiary/aromatic N) is 1. The quantitative estimate of drug-likeness (QED) is 0.499. The predicted molar refractivity (Wildman–Crippen MR) is 36.8 cm³/mol. The standard InChI is InChI=1S/C7H8FN2.Y/c1-5-3-7(8)6(2)10(9)4-5;/h3H,2,9H2,1H3;/q-1;.